The number of aliphatic hydroxyl groups excluding tert-OH is 1. The highest BCUT2D eigenvalue weighted by Crippen LogP contribution is 2.25. The summed E-state index contributed by atoms with van der Waals surface area (Å²) in [5.41, 5.74) is 13.2. The van der Waals surface area contributed by atoms with E-state index in [9.17, 15) is 9.90 Å². The molecule has 3 rings (SSSR count). The number of carbonyl (C=O) groups excluding carboxylic acids is 1. The first-order valence-electron chi connectivity index (χ1n) is 7.54. The van der Waals surface area contributed by atoms with E-state index in [1.165, 1.54) is 6.26 Å². The molecule has 1 aliphatic rings. The molecule has 1 aliphatic carbocycles. The van der Waals surface area contributed by atoms with Crippen molar-refractivity contribution in [3.8, 4) is 11.5 Å². The molecule has 23 heavy (non-hydrogen) atoms. The third-order valence-corrected chi connectivity index (χ3v) is 4.22. The molecule has 0 unspecified atom stereocenters. The van der Waals surface area contributed by atoms with Crippen molar-refractivity contribution >= 4 is 11.6 Å². The van der Waals surface area contributed by atoms with Gasteiger partial charge in [0, 0.05) is 23.3 Å². The van der Waals surface area contributed by atoms with Gasteiger partial charge in [-0.25, -0.2) is 4.98 Å². The van der Waals surface area contributed by atoms with E-state index in [0.29, 0.717) is 18.0 Å². The zero-order chi connectivity index (χ0) is 16.4. The quantitative estimate of drug-likeness (QED) is 0.660. The lowest BCUT2D eigenvalue weighted by molar-refractivity contribution is -0.122. The van der Waals surface area contributed by atoms with Gasteiger partial charge in [0.1, 0.15) is 6.26 Å². The summed E-state index contributed by atoms with van der Waals surface area (Å²) >= 11 is 0. The zero-order valence-corrected chi connectivity index (χ0v) is 12.6. The third-order valence-electron chi connectivity index (χ3n) is 4.22. The number of aliphatic hydroxyl groups is 1. The summed E-state index contributed by atoms with van der Waals surface area (Å²) in [7, 11) is 0. The lowest BCUT2D eigenvalue weighted by Gasteiger charge is -2.34. The molecule has 0 spiro atoms. The van der Waals surface area contributed by atoms with E-state index in [-0.39, 0.29) is 24.4 Å². The Morgan fingerprint density at radius 1 is 1.22 bits per heavy atom. The van der Waals surface area contributed by atoms with Gasteiger partial charge in [-0.1, -0.05) is 0 Å². The fourth-order valence-electron chi connectivity index (χ4n) is 2.84. The molecule has 7 nitrogen and oxygen atoms in total. The number of rotatable bonds is 3. The molecule has 0 radical (unpaired) electrons. The van der Waals surface area contributed by atoms with Crippen LogP contribution in [0.2, 0.25) is 0 Å². The Hall–Kier alpha value is -2.22. The highest BCUT2D eigenvalue weighted by Gasteiger charge is 2.36. The van der Waals surface area contributed by atoms with Crippen LogP contribution in [0.25, 0.3) is 11.5 Å². The number of nitrogens with one attached hydrogen (secondary N) is 1. The Morgan fingerprint density at radius 2 is 1.96 bits per heavy atom. The minimum Gasteiger partial charge on any atom is -0.445 e. The van der Waals surface area contributed by atoms with Crippen molar-refractivity contribution in [2.45, 2.75) is 31.0 Å². The van der Waals surface area contributed by atoms with Crippen LogP contribution in [0.15, 0.2) is 41.1 Å². The summed E-state index contributed by atoms with van der Waals surface area (Å²) in [4.78, 5) is 16.4. The number of aromatic nitrogens is 1. The molecule has 1 aromatic carbocycles. The smallest absolute Gasteiger partial charge is 0.229 e. The third kappa shape index (κ3) is 3.42. The molecule has 1 heterocycles. The van der Waals surface area contributed by atoms with Gasteiger partial charge in [0.15, 0.2) is 0 Å². The number of anilines is 1. The second-order valence-electron chi connectivity index (χ2n) is 5.88. The number of nitrogens with zero attached hydrogens (tertiary/aromatic N) is 1. The standard InChI is InChI=1S/C16H20N4O3/c17-12-8-13(18)14(21)7-11(12)15(22)20-10-3-1-9(2-4-10)16-19-5-6-23-16/h1-6,11-14,21H,7-8,17-18H2,(H,20,22)/t11-,12-,13+,14+/m0/s1. The van der Waals surface area contributed by atoms with Crippen molar-refractivity contribution in [3.63, 3.8) is 0 Å². The lowest BCUT2D eigenvalue weighted by atomic mass is 9.80. The molecular weight excluding hydrogens is 296 g/mol. The highest BCUT2D eigenvalue weighted by molar-refractivity contribution is 5.93. The first-order chi connectivity index (χ1) is 11.0. The van der Waals surface area contributed by atoms with Crippen molar-refractivity contribution in [3.05, 3.63) is 36.7 Å². The Morgan fingerprint density at radius 3 is 2.61 bits per heavy atom. The maximum absolute atomic E-state index is 12.4. The van der Waals surface area contributed by atoms with Gasteiger partial charge < -0.3 is 26.3 Å². The molecule has 1 saturated carbocycles. The predicted octanol–water partition coefficient (Wildman–Crippen LogP) is 0.706. The van der Waals surface area contributed by atoms with E-state index >= 15 is 0 Å². The Bertz CT molecular complexity index is 656. The van der Waals surface area contributed by atoms with Crippen molar-refractivity contribution in [2.75, 3.05) is 5.32 Å². The minimum atomic E-state index is -0.696. The van der Waals surface area contributed by atoms with Crippen molar-refractivity contribution in [2.24, 2.45) is 17.4 Å². The normalized spacial score (nSPS) is 27.6. The summed E-state index contributed by atoms with van der Waals surface area (Å²) < 4.78 is 5.22. The SMILES string of the molecule is N[C@@H]1C[C@H](N)[C@@H](C(=O)Nc2ccc(-c3ncco3)cc2)C[C@H]1O. The van der Waals surface area contributed by atoms with E-state index in [2.05, 4.69) is 10.3 Å². The predicted molar refractivity (Wildman–Crippen MR) is 85.3 cm³/mol. The molecule has 4 atom stereocenters. The second-order valence-corrected chi connectivity index (χ2v) is 5.88. The molecule has 0 bridgehead atoms. The molecule has 0 saturated heterocycles. The van der Waals surface area contributed by atoms with Gasteiger partial charge in [-0.2, -0.15) is 0 Å². The summed E-state index contributed by atoms with van der Waals surface area (Å²) in [5, 5.41) is 12.7. The molecule has 1 fully saturated rings. The van der Waals surface area contributed by atoms with E-state index in [4.69, 9.17) is 15.9 Å². The number of amides is 1. The zero-order valence-electron chi connectivity index (χ0n) is 12.6. The molecule has 2 aromatic rings. The summed E-state index contributed by atoms with van der Waals surface area (Å²) in [6.07, 6.45) is 3.10. The summed E-state index contributed by atoms with van der Waals surface area (Å²) in [6, 6.07) is 6.45. The molecule has 1 aromatic heterocycles. The number of benzene rings is 1. The van der Waals surface area contributed by atoms with Crippen LogP contribution in [0.4, 0.5) is 5.69 Å². The molecular formula is C16H20N4O3. The van der Waals surface area contributed by atoms with Crippen LogP contribution in [-0.2, 0) is 4.79 Å². The number of nitrogens with two attached hydrogens (primary N) is 2. The number of hydrogen-bond donors (Lipinski definition) is 4. The van der Waals surface area contributed by atoms with Crippen LogP contribution in [0, 0.1) is 5.92 Å². The summed E-state index contributed by atoms with van der Waals surface area (Å²) in [6.45, 7) is 0. The van der Waals surface area contributed by atoms with Crippen molar-refractivity contribution < 1.29 is 14.3 Å². The largest absolute Gasteiger partial charge is 0.445 e. The van der Waals surface area contributed by atoms with Crippen molar-refractivity contribution in [1.29, 1.82) is 0 Å². The first kappa shape index (κ1) is 15.7. The maximum atomic E-state index is 12.4. The van der Waals surface area contributed by atoms with Gasteiger partial charge in [0.2, 0.25) is 11.8 Å². The van der Waals surface area contributed by atoms with Gasteiger partial charge in [-0.15, -0.1) is 0 Å². The Kier molecular flexibility index (Phi) is 4.42. The number of oxazole rings is 1. The van der Waals surface area contributed by atoms with Gasteiger partial charge in [-0.05, 0) is 37.1 Å². The van der Waals surface area contributed by atoms with E-state index < -0.39 is 12.0 Å². The molecule has 1 amide bonds. The van der Waals surface area contributed by atoms with Crippen LogP contribution in [0.1, 0.15) is 12.8 Å². The van der Waals surface area contributed by atoms with Crippen molar-refractivity contribution in [1.82, 2.24) is 4.98 Å². The first-order valence-corrected chi connectivity index (χ1v) is 7.54. The minimum absolute atomic E-state index is 0.202. The fourth-order valence-corrected chi connectivity index (χ4v) is 2.84. The van der Waals surface area contributed by atoms with Crippen LogP contribution in [-0.4, -0.2) is 34.2 Å². The molecule has 122 valence electrons. The van der Waals surface area contributed by atoms with E-state index in [0.717, 1.165) is 5.56 Å². The average Bonchev–Trinajstić information content (AvgIpc) is 3.06. The van der Waals surface area contributed by atoms with Gasteiger partial charge in [0.25, 0.3) is 0 Å². The summed E-state index contributed by atoms with van der Waals surface area (Å²) in [5.74, 6) is -0.127. The fraction of sp³-hybridized carbons (Fsp3) is 0.375. The highest BCUT2D eigenvalue weighted by atomic mass is 16.3. The van der Waals surface area contributed by atoms with E-state index in [1.807, 2.05) is 12.1 Å². The monoisotopic (exact) mass is 316 g/mol. The Balaban J connectivity index is 1.66. The second kappa shape index (κ2) is 6.49. The lowest BCUT2D eigenvalue weighted by Crippen LogP contribution is -2.53. The van der Waals surface area contributed by atoms with Crippen LogP contribution < -0.4 is 16.8 Å². The molecule has 6 N–H and O–H groups in total. The topological polar surface area (TPSA) is 127 Å². The average molecular weight is 316 g/mol. The van der Waals surface area contributed by atoms with Gasteiger partial charge in [-0.3, -0.25) is 4.79 Å². The van der Waals surface area contributed by atoms with Crippen LogP contribution >= 0.6 is 0 Å². The van der Waals surface area contributed by atoms with Crippen LogP contribution in [0.3, 0.4) is 0 Å². The molecule has 0 aliphatic heterocycles. The number of carbonyl (C=O) groups is 1. The molecule has 7 heteroatoms. The van der Waals surface area contributed by atoms with Gasteiger partial charge >= 0.3 is 0 Å². The Labute approximate surface area is 133 Å². The van der Waals surface area contributed by atoms with Gasteiger partial charge in [0.05, 0.1) is 18.2 Å². The van der Waals surface area contributed by atoms with Crippen LogP contribution in [0.5, 0.6) is 0 Å². The maximum Gasteiger partial charge on any atom is 0.229 e. The van der Waals surface area contributed by atoms with E-state index in [1.54, 1.807) is 18.3 Å². The number of hydrogen-bond acceptors (Lipinski definition) is 6.